The summed E-state index contributed by atoms with van der Waals surface area (Å²) in [6, 6.07) is 0. The first-order valence-electron chi connectivity index (χ1n) is 5.76. The minimum absolute atomic E-state index is 0. The minimum atomic E-state index is -0.277. The van der Waals surface area contributed by atoms with Gasteiger partial charge in [-0.2, -0.15) is 13.5 Å². The zero-order chi connectivity index (χ0) is 12.6. The van der Waals surface area contributed by atoms with Crippen LogP contribution < -0.4 is 0 Å². The summed E-state index contributed by atoms with van der Waals surface area (Å²) in [6.45, 7) is 9.37. The van der Waals surface area contributed by atoms with E-state index < -0.39 is 0 Å². The Morgan fingerprint density at radius 2 is 1.83 bits per heavy atom. The molecular weight excluding hydrogens is 248 g/mol. The first-order valence-corrected chi connectivity index (χ1v) is 5.76. The highest BCUT2D eigenvalue weighted by molar-refractivity contribution is 7.59. The highest BCUT2D eigenvalue weighted by Crippen LogP contribution is 2.12. The standard InChI is InChI=1S/C13H22O3.CH4.H2S/c1-5-6-7-12(14)9-16-13(15)11(4)8-10(2)3;;/h5,10-11H,1,6-9H2,2-4H3;1H4;1H2. The van der Waals surface area contributed by atoms with Crippen molar-refractivity contribution < 1.29 is 14.3 Å². The first-order chi connectivity index (χ1) is 7.47. The topological polar surface area (TPSA) is 43.4 Å². The van der Waals surface area contributed by atoms with Crippen LogP contribution in [0.4, 0.5) is 0 Å². The van der Waals surface area contributed by atoms with Crippen LogP contribution in [0.15, 0.2) is 12.7 Å². The Kier molecular flexibility index (Phi) is 15.8. The molecule has 0 fully saturated rings. The molecule has 0 spiro atoms. The van der Waals surface area contributed by atoms with Crippen LogP contribution in [0.3, 0.4) is 0 Å². The van der Waals surface area contributed by atoms with Crippen molar-refractivity contribution in [1.82, 2.24) is 0 Å². The monoisotopic (exact) mass is 276 g/mol. The molecule has 1 atom stereocenters. The Bertz CT molecular complexity index is 249. The second kappa shape index (κ2) is 12.7. The predicted octanol–water partition coefficient (Wildman–Crippen LogP) is 3.50. The number of ketones is 1. The number of allylic oxidation sites excluding steroid dienone is 1. The second-order valence-corrected chi connectivity index (χ2v) is 4.50. The van der Waals surface area contributed by atoms with Gasteiger partial charge in [-0.05, 0) is 18.8 Å². The van der Waals surface area contributed by atoms with Crippen molar-refractivity contribution in [2.24, 2.45) is 11.8 Å². The van der Waals surface area contributed by atoms with E-state index in [1.807, 2.05) is 6.92 Å². The van der Waals surface area contributed by atoms with Crippen LogP contribution in [0.1, 0.15) is 47.5 Å². The van der Waals surface area contributed by atoms with E-state index in [1.54, 1.807) is 6.08 Å². The van der Waals surface area contributed by atoms with Crippen LogP contribution in [0.5, 0.6) is 0 Å². The van der Waals surface area contributed by atoms with Gasteiger partial charge >= 0.3 is 5.97 Å². The van der Waals surface area contributed by atoms with E-state index in [-0.39, 0.29) is 45.2 Å². The Hall–Kier alpha value is -0.770. The molecule has 0 heterocycles. The summed E-state index contributed by atoms with van der Waals surface area (Å²) in [5.74, 6) is -0.00290. The van der Waals surface area contributed by atoms with Gasteiger partial charge in [-0.15, -0.1) is 6.58 Å². The van der Waals surface area contributed by atoms with Gasteiger partial charge in [0.25, 0.3) is 0 Å². The highest BCUT2D eigenvalue weighted by atomic mass is 32.1. The van der Waals surface area contributed by atoms with Crippen LogP contribution in [0.25, 0.3) is 0 Å². The summed E-state index contributed by atoms with van der Waals surface area (Å²) in [5, 5.41) is 0. The lowest BCUT2D eigenvalue weighted by molar-refractivity contribution is -0.152. The summed E-state index contributed by atoms with van der Waals surface area (Å²) in [6.07, 6.45) is 3.51. The molecular formula is C14H28O3S. The number of esters is 1. The molecule has 0 aromatic heterocycles. The Morgan fingerprint density at radius 1 is 1.28 bits per heavy atom. The third kappa shape index (κ3) is 11.7. The number of carbonyl (C=O) groups is 2. The third-order valence-electron chi connectivity index (χ3n) is 2.23. The van der Waals surface area contributed by atoms with Crippen LogP contribution in [-0.4, -0.2) is 18.4 Å². The number of hydrogen-bond donors (Lipinski definition) is 0. The molecule has 0 saturated carbocycles. The summed E-state index contributed by atoms with van der Waals surface area (Å²) < 4.78 is 4.94. The second-order valence-electron chi connectivity index (χ2n) is 4.50. The quantitative estimate of drug-likeness (QED) is 0.503. The molecule has 0 aliphatic rings. The maximum absolute atomic E-state index is 11.5. The first kappa shape index (κ1) is 22.4. The molecule has 0 aromatic rings. The van der Waals surface area contributed by atoms with Gasteiger partial charge in [0, 0.05) is 6.42 Å². The largest absolute Gasteiger partial charge is 0.457 e. The molecule has 108 valence electrons. The van der Waals surface area contributed by atoms with E-state index in [0.29, 0.717) is 18.8 Å². The van der Waals surface area contributed by atoms with Gasteiger partial charge in [0.2, 0.25) is 0 Å². The summed E-state index contributed by atoms with van der Waals surface area (Å²) >= 11 is 0. The predicted molar refractivity (Wildman–Crippen MR) is 81.1 cm³/mol. The van der Waals surface area contributed by atoms with Crippen LogP contribution >= 0.6 is 13.5 Å². The van der Waals surface area contributed by atoms with E-state index in [0.717, 1.165) is 6.42 Å². The van der Waals surface area contributed by atoms with Gasteiger partial charge in [-0.1, -0.05) is 34.3 Å². The van der Waals surface area contributed by atoms with Crippen LogP contribution in [0, 0.1) is 11.8 Å². The fourth-order valence-electron chi connectivity index (χ4n) is 1.43. The average molecular weight is 276 g/mol. The lowest BCUT2D eigenvalue weighted by atomic mass is 9.99. The highest BCUT2D eigenvalue weighted by Gasteiger charge is 2.16. The van der Waals surface area contributed by atoms with E-state index in [4.69, 9.17) is 4.74 Å². The molecule has 18 heavy (non-hydrogen) atoms. The minimum Gasteiger partial charge on any atom is -0.457 e. The molecule has 0 bridgehead atoms. The van der Waals surface area contributed by atoms with Gasteiger partial charge < -0.3 is 4.74 Å². The number of rotatable bonds is 8. The fourth-order valence-corrected chi connectivity index (χ4v) is 1.43. The van der Waals surface area contributed by atoms with Crippen molar-refractivity contribution in [2.75, 3.05) is 6.61 Å². The number of Topliss-reactive ketones (excluding diaryl/α,β-unsaturated/α-hetero) is 1. The zero-order valence-electron chi connectivity index (χ0n) is 11.0. The van der Waals surface area contributed by atoms with Crippen molar-refractivity contribution in [2.45, 2.75) is 47.5 Å². The van der Waals surface area contributed by atoms with Crippen LogP contribution in [0.2, 0.25) is 0 Å². The number of carbonyl (C=O) groups excluding carboxylic acids is 2. The van der Waals surface area contributed by atoms with E-state index in [1.165, 1.54) is 0 Å². The lowest BCUT2D eigenvalue weighted by Crippen LogP contribution is -2.20. The molecule has 1 unspecified atom stereocenters. The fraction of sp³-hybridized carbons (Fsp3) is 0.714. The molecule has 0 aliphatic heterocycles. The average Bonchev–Trinajstić information content (AvgIpc) is 2.21. The lowest BCUT2D eigenvalue weighted by Gasteiger charge is -2.12. The summed E-state index contributed by atoms with van der Waals surface area (Å²) in [5.41, 5.74) is 0. The van der Waals surface area contributed by atoms with Gasteiger partial charge in [0.05, 0.1) is 5.92 Å². The van der Waals surface area contributed by atoms with Crippen molar-refractivity contribution in [3.8, 4) is 0 Å². The smallest absolute Gasteiger partial charge is 0.309 e. The van der Waals surface area contributed by atoms with E-state index >= 15 is 0 Å². The van der Waals surface area contributed by atoms with E-state index in [2.05, 4.69) is 20.4 Å². The molecule has 0 aliphatic carbocycles. The van der Waals surface area contributed by atoms with Gasteiger partial charge in [0.1, 0.15) is 6.61 Å². The molecule has 0 amide bonds. The van der Waals surface area contributed by atoms with Crippen molar-refractivity contribution in [3.63, 3.8) is 0 Å². The normalized spacial score (nSPS) is 10.9. The molecule has 0 N–H and O–H groups in total. The summed E-state index contributed by atoms with van der Waals surface area (Å²) in [4.78, 5) is 22.7. The molecule has 0 aromatic carbocycles. The van der Waals surface area contributed by atoms with E-state index in [9.17, 15) is 9.59 Å². The summed E-state index contributed by atoms with van der Waals surface area (Å²) in [7, 11) is 0. The maximum Gasteiger partial charge on any atom is 0.309 e. The Balaban J connectivity index is -0.00000112. The van der Waals surface area contributed by atoms with Crippen molar-refractivity contribution >= 4 is 25.2 Å². The zero-order valence-corrected chi connectivity index (χ0v) is 12.0. The van der Waals surface area contributed by atoms with Gasteiger partial charge in [-0.3, -0.25) is 9.59 Å². The SMILES string of the molecule is C.C=CCCC(=O)COC(=O)C(C)CC(C)C.S. The third-order valence-corrected chi connectivity index (χ3v) is 2.23. The molecule has 4 heteroatoms. The van der Waals surface area contributed by atoms with Gasteiger partial charge in [0.15, 0.2) is 5.78 Å². The number of ether oxygens (including phenoxy) is 1. The van der Waals surface area contributed by atoms with Crippen molar-refractivity contribution in [1.29, 1.82) is 0 Å². The molecule has 0 radical (unpaired) electrons. The number of hydrogen-bond acceptors (Lipinski definition) is 3. The molecule has 0 rings (SSSR count). The Labute approximate surface area is 118 Å². The maximum atomic E-state index is 11.5. The van der Waals surface area contributed by atoms with Crippen LogP contribution in [-0.2, 0) is 14.3 Å². The molecule has 3 nitrogen and oxygen atoms in total. The Morgan fingerprint density at radius 3 is 2.28 bits per heavy atom. The molecule has 0 saturated heterocycles. The van der Waals surface area contributed by atoms with Crippen molar-refractivity contribution in [3.05, 3.63) is 12.7 Å². The van der Waals surface area contributed by atoms with Gasteiger partial charge in [-0.25, -0.2) is 0 Å².